The smallest absolute Gasteiger partial charge is 0.160 e. The Morgan fingerprint density at radius 3 is 2.47 bits per heavy atom. The van der Waals surface area contributed by atoms with Gasteiger partial charge in [0.2, 0.25) is 0 Å². The van der Waals surface area contributed by atoms with Gasteiger partial charge >= 0.3 is 0 Å². The van der Waals surface area contributed by atoms with Crippen molar-refractivity contribution in [3.63, 3.8) is 0 Å². The first-order chi connectivity index (χ1) is 7.29. The highest BCUT2D eigenvalue weighted by atomic mass is 32.2. The summed E-state index contributed by atoms with van der Waals surface area (Å²) in [7, 11) is 0. The minimum absolute atomic E-state index is 0.806. The van der Waals surface area contributed by atoms with Crippen LogP contribution in [0.2, 0.25) is 0 Å². The maximum absolute atomic E-state index is 4.47. The summed E-state index contributed by atoms with van der Waals surface area (Å²) in [6, 6.07) is 12.0. The average molecular weight is 216 g/mol. The number of rotatable bonds is 2. The van der Waals surface area contributed by atoms with E-state index < -0.39 is 0 Å². The molecule has 2 rings (SSSR count). The van der Waals surface area contributed by atoms with Crippen LogP contribution in [0.15, 0.2) is 41.4 Å². The van der Waals surface area contributed by atoms with Crippen molar-refractivity contribution in [1.29, 1.82) is 0 Å². The third-order valence-corrected chi connectivity index (χ3v) is 2.70. The molecular weight excluding hydrogens is 204 g/mol. The molecule has 0 spiro atoms. The van der Waals surface area contributed by atoms with Crippen molar-refractivity contribution in [2.75, 3.05) is 6.26 Å². The Kier molecular flexibility index (Phi) is 3.02. The van der Waals surface area contributed by atoms with E-state index in [0.717, 1.165) is 22.1 Å². The molecule has 1 aromatic heterocycles. The van der Waals surface area contributed by atoms with Crippen LogP contribution in [0, 0.1) is 6.92 Å². The molecule has 76 valence electrons. The molecule has 1 aromatic carbocycles. The van der Waals surface area contributed by atoms with Gasteiger partial charge in [-0.3, -0.25) is 0 Å². The highest BCUT2D eigenvalue weighted by Crippen LogP contribution is 2.19. The van der Waals surface area contributed by atoms with Gasteiger partial charge in [-0.1, -0.05) is 30.3 Å². The lowest BCUT2D eigenvalue weighted by molar-refractivity contribution is 1.02. The van der Waals surface area contributed by atoms with Crippen LogP contribution in [-0.4, -0.2) is 16.2 Å². The Balaban J connectivity index is 2.49. The summed E-state index contributed by atoms with van der Waals surface area (Å²) in [4.78, 5) is 8.90. The highest BCUT2D eigenvalue weighted by molar-refractivity contribution is 7.98. The average Bonchev–Trinajstić information content (AvgIpc) is 2.29. The molecule has 0 aliphatic rings. The third-order valence-electron chi connectivity index (χ3n) is 2.07. The van der Waals surface area contributed by atoms with E-state index in [0.29, 0.717) is 0 Å². The lowest BCUT2D eigenvalue weighted by Crippen LogP contribution is -1.93. The number of hydrogen-bond acceptors (Lipinski definition) is 3. The van der Waals surface area contributed by atoms with Crippen LogP contribution in [0.4, 0.5) is 0 Å². The molecule has 0 amide bonds. The number of thioether (sulfide) groups is 1. The predicted molar refractivity (Wildman–Crippen MR) is 64.0 cm³/mol. The van der Waals surface area contributed by atoms with Gasteiger partial charge in [0.05, 0.1) is 0 Å². The van der Waals surface area contributed by atoms with Crippen LogP contribution in [-0.2, 0) is 0 Å². The summed E-state index contributed by atoms with van der Waals surface area (Å²) in [5.41, 5.74) is 2.07. The second-order valence-electron chi connectivity index (χ2n) is 3.24. The van der Waals surface area contributed by atoms with E-state index in [2.05, 4.69) is 9.97 Å². The number of benzene rings is 1. The summed E-state index contributed by atoms with van der Waals surface area (Å²) < 4.78 is 0. The Morgan fingerprint density at radius 1 is 1.07 bits per heavy atom. The molecule has 0 atom stereocenters. The molecule has 15 heavy (non-hydrogen) atoms. The SMILES string of the molecule is CSc1cc(C)nc(-c2ccccc2)n1. The first-order valence-electron chi connectivity index (χ1n) is 4.74. The zero-order chi connectivity index (χ0) is 10.7. The number of aromatic nitrogens is 2. The van der Waals surface area contributed by atoms with Crippen molar-refractivity contribution in [2.24, 2.45) is 0 Å². The Hall–Kier alpha value is -1.35. The molecule has 0 N–H and O–H groups in total. The number of nitrogens with zero attached hydrogens (tertiary/aromatic N) is 2. The van der Waals surface area contributed by atoms with E-state index in [1.807, 2.05) is 49.6 Å². The van der Waals surface area contributed by atoms with Crippen molar-refractivity contribution in [3.8, 4) is 11.4 Å². The predicted octanol–water partition coefficient (Wildman–Crippen LogP) is 3.17. The van der Waals surface area contributed by atoms with Crippen LogP contribution < -0.4 is 0 Å². The van der Waals surface area contributed by atoms with Crippen molar-refractivity contribution < 1.29 is 0 Å². The Labute approximate surface area is 93.8 Å². The van der Waals surface area contributed by atoms with Crippen LogP contribution in [0.1, 0.15) is 5.69 Å². The van der Waals surface area contributed by atoms with E-state index in [1.165, 1.54) is 0 Å². The Morgan fingerprint density at radius 2 is 1.80 bits per heavy atom. The van der Waals surface area contributed by atoms with E-state index in [-0.39, 0.29) is 0 Å². The zero-order valence-corrected chi connectivity index (χ0v) is 9.58. The third kappa shape index (κ3) is 2.36. The second-order valence-corrected chi connectivity index (χ2v) is 4.07. The first kappa shape index (κ1) is 10.2. The van der Waals surface area contributed by atoms with Crippen molar-refractivity contribution in [2.45, 2.75) is 11.9 Å². The summed E-state index contributed by atoms with van der Waals surface area (Å²) in [6.45, 7) is 1.99. The van der Waals surface area contributed by atoms with Gasteiger partial charge in [0.25, 0.3) is 0 Å². The molecule has 0 radical (unpaired) electrons. The van der Waals surface area contributed by atoms with Gasteiger partial charge in [0.1, 0.15) is 5.03 Å². The molecule has 0 fully saturated rings. The van der Waals surface area contributed by atoms with Gasteiger partial charge in [-0.05, 0) is 19.2 Å². The second kappa shape index (κ2) is 4.45. The van der Waals surface area contributed by atoms with Crippen LogP contribution in [0.25, 0.3) is 11.4 Å². The van der Waals surface area contributed by atoms with Gasteiger partial charge in [0.15, 0.2) is 5.82 Å². The van der Waals surface area contributed by atoms with Crippen molar-refractivity contribution in [3.05, 3.63) is 42.1 Å². The van der Waals surface area contributed by atoms with E-state index >= 15 is 0 Å². The van der Waals surface area contributed by atoms with Crippen LogP contribution >= 0.6 is 11.8 Å². The molecule has 2 nitrogen and oxygen atoms in total. The summed E-state index contributed by atoms with van der Waals surface area (Å²) in [5.74, 6) is 0.806. The van der Waals surface area contributed by atoms with Crippen LogP contribution in [0.5, 0.6) is 0 Å². The van der Waals surface area contributed by atoms with Gasteiger partial charge in [0, 0.05) is 11.3 Å². The lowest BCUT2D eigenvalue weighted by atomic mass is 10.2. The maximum Gasteiger partial charge on any atom is 0.160 e. The van der Waals surface area contributed by atoms with Gasteiger partial charge in [-0.2, -0.15) is 0 Å². The quantitative estimate of drug-likeness (QED) is 0.569. The highest BCUT2D eigenvalue weighted by Gasteiger charge is 2.03. The molecule has 0 bridgehead atoms. The van der Waals surface area contributed by atoms with Gasteiger partial charge in [-0.15, -0.1) is 11.8 Å². The first-order valence-corrected chi connectivity index (χ1v) is 5.97. The molecule has 0 unspecified atom stereocenters. The standard InChI is InChI=1S/C12H12N2S/c1-9-8-11(15-2)14-12(13-9)10-6-4-3-5-7-10/h3-8H,1-2H3. The molecule has 0 saturated heterocycles. The summed E-state index contributed by atoms with van der Waals surface area (Å²) >= 11 is 1.64. The van der Waals surface area contributed by atoms with Crippen molar-refractivity contribution >= 4 is 11.8 Å². The lowest BCUT2D eigenvalue weighted by Gasteiger charge is -2.03. The topological polar surface area (TPSA) is 25.8 Å². The summed E-state index contributed by atoms with van der Waals surface area (Å²) in [6.07, 6.45) is 2.02. The fourth-order valence-corrected chi connectivity index (χ4v) is 1.83. The van der Waals surface area contributed by atoms with Gasteiger partial charge in [-0.25, -0.2) is 9.97 Å². The molecular formula is C12H12N2S. The minimum Gasteiger partial charge on any atom is -0.233 e. The molecule has 2 aromatic rings. The fraction of sp³-hybridized carbons (Fsp3) is 0.167. The Bertz CT molecular complexity index is 454. The maximum atomic E-state index is 4.47. The molecule has 1 heterocycles. The minimum atomic E-state index is 0.806. The largest absolute Gasteiger partial charge is 0.233 e. The van der Waals surface area contributed by atoms with E-state index in [4.69, 9.17) is 0 Å². The molecule has 0 aliphatic carbocycles. The number of aryl methyl sites for hydroxylation is 1. The molecule has 3 heteroatoms. The normalized spacial score (nSPS) is 10.3. The fourth-order valence-electron chi connectivity index (χ4n) is 1.36. The van der Waals surface area contributed by atoms with E-state index in [9.17, 15) is 0 Å². The zero-order valence-electron chi connectivity index (χ0n) is 8.77. The monoisotopic (exact) mass is 216 g/mol. The molecule has 0 aliphatic heterocycles. The van der Waals surface area contributed by atoms with Crippen molar-refractivity contribution in [1.82, 2.24) is 9.97 Å². The van der Waals surface area contributed by atoms with Gasteiger partial charge < -0.3 is 0 Å². The molecule has 0 saturated carbocycles. The number of hydrogen-bond donors (Lipinski definition) is 0. The summed E-state index contributed by atoms with van der Waals surface area (Å²) in [5, 5.41) is 1.02. The van der Waals surface area contributed by atoms with Crippen LogP contribution in [0.3, 0.4) is 0 Å². The van der Waals surface area contributed by atoms with E-state index in [1.54, 1.807) is 11.8 Å².